The van der Waals surface area contributed by atoms with Crippen LogP contribution in [0.3, 0.4) is 0 Å². The zero-order valence-corrected chi connectivity index (χ0v) is 29.6. The summed E-state index contributed by atoms with van der Waals surface area (Å²) in [5.74, 6) is 0. The van der Waals surface area contributed by atoms with E-state index in [0.717, 1.165) is 23.8 Å². The lowest BCUT2D eigenvalue weighted by atomic mass is 10.1. The molecule has 2 aromatic carbocycles. The van der Waals surface area contributed by atoms with Crippen LogP contribution in [-0.4, -0.2) is 49.9 Å². The van der Waals surface area contributed by atoms with Gasteiger partial charge in [-0.2, -0.15) is 5.26 Å². The summed E-state index contributed by atoms with van der Waals surface area (Å²) in [6, 6.07) is 10.3. The van der Waals surface area contributed by atoms with E-state index in [1.807, 2.05) is 19.1 Å². The van der Waals surface area contributed by atoms with Crippen molar-refractivity contribution in [2.24, 2.45) is 10.2 Å². The van der Waals surface area contributed by atoms with Crippen molar-refractivity contribution >= 4 is 39.4 Å². The van der Waals surface area contributed by atoms with E-state index in [1.165, 1.54) is 93.4 Å². The average Bonchev–Trinajstić information content (AvgIpc) is 3.46. The molecular weight excluding hydrogens is 624 g/mol. The smallest absolute Gasteiger partial charge is 0.303 e. The number of aromatic amines is 1. The molecule has 0 spiro atoms. The minimum Gasteiger partial charge on any atom is -0.338 e. The Balaban J connectivity index is 0.000000326. The van der Waals surface area contributed by atoms with E-state index in [9.17, 15) is 30.3 Å². The van der Waals surface area contributed by atoms with Crippen molar-refractivity contribution in [1.29, 1.82) is 5.26 Å². The number of non-ortho nitro benzene ring substituents is 1. The highest BCUT2D eigenvalue weighted by atomic mass is 16.6. The van der Waals surface area contributed by atoms with Crippen molar-refractivity contribution < 1.29 is 14.3 Å². The third-order valence-electron chi connectivity index (χ3n) is 8.92. The van der Waals surface area contributed by atoms with Gasteiger partial charge in [0.25, 0.3) is 11.2 Å². The normalized spacial score (nSPS) is 11.5. The van der Waals surface area contributed by atoms with Gasteiger partial charge < -0.3 is 9.47 Å². The molecular formula is C36H49N8O5+. The Bertz CT molecular complexity index is 1870. The number of fused-ring (bicyclic) bond motifs is 3. The Hall–Kier alpha value is -4.96. The van der Waals surface area contributed by atoms with Crippen molar-refractivity contribution in [3.05, 3.63) is 83.7 Å². The van der Waals surface area contributed by atoms with Crippen molar-refractivity contribution in [2.45, 2.75) is 92.9 Å². The van der Waals surface area contributed by atoms with Crippen molar-refractivity contribution in [1.82, 2.24) is 9.38 Å². The lowest BCUT2D eigenvalue weighted by Gasteiger charge is -2.39. The van der Waals surface area contributed by atoms with Gasteiger partial charge in [-0.3, -0.25) is 29.4 Å². The molecule has 13 heteroatoms. The predicted molar refractivity (Wildman–Crippen MR) is 193 cm³/mol. The standard InChI is InChI=1S/C20H13N7O5.C16H36N/c1-10-3-6-16-15(7-10)22-19-13(9-21)11(2)18(20(28)25(16)19)24-23-14-5-4-12(26(29)30)8-17(14)27(31)32;1-5-9-13-17(14-10-6-2,15-11-7-3)16-12-8-4/h3-8,22H,1-2H3;5-16H2,1-4H3/q;+1. The second-order valence-electron chi connectivity index (χ2n) is 12.6. The fourth-order valence-electron chi connectivity index (χ4n) is 6.06. The lowest BCUT2D eigenvalue weighted by Crippen LogP contribution is -2.50. The first-order chi connectivity index (χ1) is 23.5. The van der Waals surface area contributed by atoms with Crippen LogP contribution in [0.15, 0.2) is 51.4 Å². The van der Waals surface area contributed by atoms with E-state index in [-0.39, 0.29) is 22.5 Å². The second kappa shape index (κ2) is 18.0. The molecule has 0 saturated heterocycles. The molecule has 0 unspecified atom stereocenters. The van der Waals surface area contributed by atoms with Gasteiger partial charge in [-0.25, -0.2) is 0 Å². The molecule has 0 aliphatic carbocycles. The number of benzene rings is 2. The van der Waals surface area contributed by atoms with Gasteiger partial charge in [-0.05, 0) is 63.3 Å². The third-order valence-corrected chi connectivity index (χ3v) is 8.92. The molecule has 0 saturated carbocycles. The van der Waals surface area contributed by atoms with Crippen molar-refractivity contribution in [2.75, 3.05) is 26.2 Å². The molecule has 4 aromatic rings. The van der Waals surface area contributed by atoms with E-state index in [4.69, 9.17) is 0 Å². The third kappa shape index (κ3) is 9.35. The summed E-state index contributed by atoms with van der Waals surface area (Å²) in [7, 11) is 0. The fourth-order valence-corrected chi connectivity index (χ4v) is 6.06. The van der Waals surface area contributed by atoms with Gasteiger partial charge in [0.1, 0.15) is 11.7 Å². The molecule has 0 atom stereocenters. The maximum atomic E-state index is 13.2. The number of quaternary nitrogens is 1. The maximum Gasteiger partial charge on any atom is 0.303 e. The van der Waals surface area contributed by atoms with Gasteiger partial charge in [0.05, 0.1) is 58.7 Å². The summed E-state index contributed by atoms with van der Waals surface area (Å²) >= 11 is 0. The van der Waals surface area contributed by atoms with Crippen LogP contribution in [0.1, 0.15) is 95.8 Å². The summed E-state index contributed by atoms with van der Waals surface area (Å²) in [6.07, 6.45) is 11.1. The molecule has 0 amide bonds. The number of H-pyrrole nitrogens is 1. The van der Waals surface area contributed by atoms with E-state index < -0.39 is 26.8 Å². The van der Waals surface area contributed by atoms with Crippen LogP contribution in [-0.2, 0) is 0 Å². The summed E-state index contributed by atoms with van der Waals surface area (Å²) in [4.78, 5) is 36.9. The van der Waals surface area contributed by atoms with Crippen LogP contribution in [0.4, 0.5) is 22.7 Å². The lowest BCUT2D eigenvalue weighted by molar-refractivity contribution is -0.929. The zero-order valence-electron chi connectivity index (χ0n) is 29.6. The van der Waals surface area contributed by atoms with Gasteiger partial charge in [-0.1, -0.05) is 59.4 Å². The van der Waals surface area contributed by atoms with Gasteiger partial charge in [0.2, 0.25) is 0 Å². The summed E-state index contributed by atoms with van der Waals surface area (Å²) in [5, 5.41) is 39.6. The van der Waals surface area contributed by atoms with Crippen LogP contribution >= 0.6 is 0 Å². The number of azo groups is 1. The Morgan fingerprint density at radius 2 is 1.41 bits per heavy atom. The topological polar surface area (TPSA) is 172 Å². The SMILES string of the molecule is CCCC[N+](CCCC)(CCCC)CCCC.Cc1ccc2c(c1)[nH]c1c(C#N)c(C)c(N=Nc3ccc([N+](=O)[O-])cc3[N+](=O)[O-])c(=O)n12. The van der Waals surface area contributed by atoms with Gasteiger partial charge in [-0.15, -0.1) is 10.2 Å². The number of hydrogen-bond donors (Lipinski definition) is 1. The minimum atomic E-state index is -0.826. The molecule has 4 rings (SSSR count). The number of nitro groups is 2. The molecule has 0 bridgehead atoms. The van der Waals surface area contributed by atoms with Gasteiger partial charge in [0.15, 0.2) is 11.4 Å². The Labute approximate surface area is 287 Å². The Morgan fingerprint density at radius 3 is 1.90 bits per heavy atom. The molecule has 2 aromatic heterocycles. The molecule has 262 valence electrons. The van der Waals surface area contributed by atoms with Crippen molar-refractivity contribution in [3.8, 4) is 6.07 Å². The molecule has 13 nitrogen and oxygen atoms in total. The fraction of sp³-hybridized carbons (Fsp3) is 0.500. The van der Waals surface area contributed by atoms with E-state index in [0.29, 0.717) is 16.7 Å². The summed E-state index contributed by atoms with van der Waals surface area (Å²) in [6.45, 7) is 18.4. The number of unbranched alkanes of at least 4 members (excludes halogenated alkanes) is 4. The largest absolute Gasteiger partial charge is 0.338 e. The first-order valence-corrected chi connectivity index (χ1v) is 17.2. The van der Waals surface area contributed by atoms with Crippen molar-refractivity contribution in [3.63, 3.8) is 0 Å². The molecule has 0 aliphatic heterocycles. The second-order valence-corrected chi connectivity index (χ2v) is 12.6. The quantitative estimate of drug-likeness (QED) is 0.0537. The van der Waals surface area contributed by atoms with Crippen LogP contribution in [0.2, 0.25) is 0 Å². The highest BCUT2D eigenvalue weighted by Gasteiger charge is 2.25. The average molecular weight is 674 g/mol. The van der Waals surface area contributed by atoms with Crippen LogP contribution in [0.25, 0.3) is 16.7 Å². The first-order valence-electron chi connectivity index (χ1n) is 17.2. The summed E-state index contributed by atoms with van der Waals surface area (Å²) < 4.78 is 2.72. The molecule has 2 heterocycles. The Morgan fingerprint density at radius 1 is 0.837 bits per heavy atom. The molecule has 0 radical (unpaired) electrons. The number of nitrogens with zero attached hydrogens (tertiary/aromatic N) is 7. The molecule has 49 heavy (non-hydrogen) atoms. The van der Waals surface area contributed by atoms with E-state index in [2.05, 4.69) is 49.0 Å². The number of aryl methyl sites for hydroxylation is 1. The number of nitro benzene ring substituents is 2. The maximum absolute atomic E-state index is 13.2. The molecule has 0 fully saturated rings. The number of nitrogens with one attached hydrogen (secondary N) is 1. The summed E-state index contributed by atoms with van der Waals surface area (Å²) in [5.41, 5.74) is 0.737. The first kappa shape index (κ1) is 38.5. The van der Waals surface area contributed by atoms with Crippen LogP contribution < -0.4 is 5.56 Å². The number of aromatic nitrogens is 2. The number of hydrogen-bond acceptors (Lipinski definition) is 8. The monoisotopic (exact) mass is 673 g/mol. The minimum absolute atomic E-state index is 0.172. The highest BCUT2D eigenvalue weighted by molar-refractivity contribution is 5.84. The Kier molecular flexibility index (Phi) is 14.1. The van der Waals surface area contributed by atoms with Gasteiger partial charge >= 0.3 is 5.69 Å². The van der Waals surface area contributed by atoms with Crippen LogP contribution in [0.5, 0.6) is 0 Å². The predicted octanol–water partition coefficient (Wildman–Crippen LogP) is 9.50. The van der Waals surface area contributed by atoms with E-state index in [1.54, 1.807) is 6.07 Å². The van der Waals surface area contributed by atoms with Crippen LogP contribution in [0, 0.1) is 45.4 Å². The molecule has 0 aliphatic rings. The molecule has 1 N–H and O–H groups in total. The number of nitriles is 1. The number of imidazole rings is 1. The zero-order chi connectivity index (χ0) is 36.1. The highest BCUT2D eigenvalue weighted by Crippen LogP contribution is 2.33. The number of rotatable bonds is 16. The van der Waals surface area contributed by atoms with Gasteiger partial charge in [0, 0.05) is 11.6 Å². The van der Waals surface area contributed by atoms with E-state index >= 15 is 0 Å². The number of pyridine rings is 1.